The van der Waals surface area contributed by atoms with E-state index in [9.17, 15) is 0 Å². The molecule has 0 spiro atoms. The van der Waals surface area contributed by atoms with Crippen LogP contribution in [0.25, 0.3) is 0 Å². The van der Waals surface area contributed by atoms with Gasteiger partial charge in [0, 0.05) is 12.3 Å². The molecule has 0 aliphatic rings. The third-order valence-corrected chi connectivity index (χ3v) is 2.76. The Morgan fingerprint density at radius 3 is 2.63 bits per heavy atom. The molecule has 0 N–H and O–H groups in total. The van der Waals surface area contributed by atoms with Crippen LogP contribution in [0.4, 0.5) is 0 Å². The van der Waals surface area contributed by atoms with Crippen molar-refractivity contribution in [2.75, 3.05) is 13.7 Å². The predicted octanol–water partition coefficient (Wildman–Crippen LogP) is 4.08. The first-order chi connectivity index (χ1) is 9.21. The Kier molecular flexibility index (Phi) is 6.89. The van der Waals surface area contributed by atoms with Crippen molar-refractivity contribution < 1.29 is 9.47 Å². The molecule has 0 bridgehead atoms. The summed E-state index contributed by atoms with van der Waals surface area (Å²) in [4.78, 5) is 0. The second-order valence-electron chi connectivity index (χ2n) is 4.61. The fraction of sp³-hybridized carbons (Fsp3) is 0.529. The second kappa shape index (κ2) is 8.48. The lowest BCUT2D eigenvalue weighted by atomic mass is 10.0. The summed E-state index contributed by atoms with van der Waals surface area (Å²) < 4.78 is 11.0. The van der Waals surface area contributed by atoms with E-state index < -0.39 is 0 Å². The fourth-order valence-electron chi connectivity index (χ4n) is 1.85. The van der Waals surface area contributed by atoms with Gasteiger partial charge in [0.1, 0.15) is 0 Å². The average molecular weight is 260 g/mol. The smallest absolute Gasteiger partial charge is 0.161 e. The maximum atomic E-state index is 5.65. The molecule has 2 nitrogen and oxygen atoms in total. The standard InChI is InChI=1S/C17H24O2/c1-5-7-8-14(3)12-15-9-10-16(19-11-6-2)17(13-15)18-4/h9-10,13-14H,5-6,11-12H2,1-4H3. The van der Waals surface area contributed by atoms with Gasteiger partial charge >= 0.3 is 0 Å². The monoisotopic (exact) mass is 260 g/mol. The molecule has 2 heteroatoms. The van der Waals surface area contributed by atoms with Gasteiger partial charge in [-0.25, -0.2) is 0 Å². The van der Waals surface area contributed by atoms with E-state index in [2.05, 4.69) is 44.7 Å². The molecule has 1 aromatic carbocycles. The maximum Gasteiger partial charge on any atom is 0.161 e. The minimum absolute atomic E-state index is 0.368. The molecule has 0 heterocycles. The molecule has 1 atom stereocenters. The molecule has 1 rings (SSSR count). The topological polar surface area (TPSA) is 18.5 Å². The van der Waals surface area contributed by atoms with Crippen molar-refractivity contribution in [3.8, 4) is 23.3 Å². The van der Waals surface area contributed by atoms with Crippen LogP contribution in [0, 0.1) is 17.8 Å². The van der Waals surface area contributed by atoms with E-state index in [0.29, 0.717) is 12.5 Å². The van der Waals surface area contributed by atoms with Crippen molar-refractivity contribution in [1.29, 1.82) is 0 Å². The second-order valence-corrected chi connectivity index (χ2v) is 4.61. The number of methoxy groups -OCH3 is 1. The van der Waals surface area contributed by atoms with Gasteiger partial charge in [0.15, 0.2) is 11.5 Å². The van der Waals surface area contributed by atoms with Crippen molar-refractivity contribution >= 4 is 0 Å². The van der Waals surface area contributed by atoms with Crippen molar-refractivity contribution in [3.63, 3.8) is 0 Å². The Morgan fingerprint density at radius 2 is 2.00 bits per heavy atom. The molecule has 1 aromatic rings. The average Bonchev–Trinajstić information content (AvgIpc) is 2.43. The molecule has 19 heavy (non-hydrogen) atoms. The van der Waals surface area contributed by atoms with E-state index >= 15 is 0 Å². The van der Waals surface area contributed by atoms with E-state index in [4.69, 9.17) is 9.47 Å². The largest absolute Gasteiger partial charge is 0.493 e. The Labute approximate surface area is 117 Å². The van der Waals surface area contributed by atoms with Gasteiger partial charge in [-0.05, 0) is 30.5 Å². The van der Waals surface area contributed by atoms with Crippen molar-refractivity contribution in [2.24, 2.45) is 5.92 Å². The van der Waals surface area contributed by atoms with E-state index in [1.807, 2.05) is 6.07 Å². The van der Waals surface area contributed by atoms with Gasteiger partial charge in [-0.1, -0.05) is 32.8 Å². The van der Waals surface area contributed by atoms with Crippen LogP contribution in [0.3, 0.4) is 0 Å². The molecule has 0 saturated carbocycles. The predicted molar refractivity (Wildman–Crippen MR) is 79.7 cm³/mol. The Bertz CT molecular complexity index is 440. The van der Waals surface area contributed by atoms with Gasteiger partial charge in [-0.2, -0.15) is 0 Å². The van der Waals surface area contributed by atoms with Crippen molar-refractivity contribution in [2.45, 2.75) is 40.0 Å². The third kappa shape index (κ3) is 5.26. The summed E-state index contributed by atoms with van der Waals surface area (Å²) in [5.74, 6) is 8.37. The lowest BCUT2D eigenvalue weighted by Gasteiger charge is -2.12. The number of hydrogen-bond donors (Lipinski definition) is 0. The Balaban J connectivity index is 2.75. The van der Waals surface area contributed by atoms with Crippen LogP contribution in [-0.4, -0.2) is 13.7 Å². The lowest BCUT2D eigenvalue weighted by molar-refractivity contribution is 0.294. The van der Waals surface area contributed by atoms with Crippen LogP contribution < -0.4 is 9.47 Å². The van der Waals surface area contributed by atoms with Crippen LogP contribution in [0.1, 0.15) is 39.2 Å². The van der Waals surface area contributed by atoms with E-state index in [1.54, 1.807) is 7.11 Å². The molecule has 104 valence electrons. The fourth-order valence-corrected chi connectivity index (χ4v) is 1.85. The minimum atomic E-state index is 0.368. The van der Waals surface area contributed by atoms with Gasteiger partial charge in [0.2, 0.25) is 0 Å². The Hall–Kier alpha value is -1.62. The highest BCUT2D eigenvalue weighted by molar-refractivity contribution is 5.43. The summed E-state index contributed by atoms with van der Waals surface area (Å²) in [6, 6.07) is 6.14. The molecule has 0 amide bonds. The third-order valence-electron chi connectivity index (χ3n) is 2.76. The van der Waals surface area contributed by atoms with E-state index in [1.165, 1.54) is 5.56 Å². The van der Waals surface area contributed by atoms with Gasteiger partial charge in [0.05, 0.1) is 13.7 Å². The highest BCUT2D eigenvalue weighted by atomic mass is 16.5. The van der Waals surface area contributed by atoms with Crippen LogP contribution in [0.2, 0.25) is 0 Å². The zero-order valence-corrected chi connectivity index (χ0v) is 12.5. The van der Waals surface area contributed by atoms with Gasteiger partial charge in [-0.3, -0.25) is 0 Å². The maximum absolute atomic E-state index is 5.65. The van der Waals surface area contributed by atoms with Crippen LogP contribution in [0.5, 0.6) is 11.5 Å². The summed E-state index contributed by atoms with van der Waals surface area (Å²) >= 11 is 0. The van der Waals surface area contributed by atoms with Gasteiger partial charge in [-0.15, -0.1) is 5.92 Å². The van der Waals surface area contributed by atoms with Crippen LogP contribution >= 0.6 is 0 Å². The molecule has 0 aliphatic carbocycles. The highest BCUT2D eigenvalue weighted by Crippen LogP contribution is 2.29. The van der Waals surface area contributed by atoms with Crippen LogP contribution in [0.15, 0.2) is 18.2 Å². The van der Waals surface area contributed by atoms with E-state index in [-0.39, 0.29) is 0 Å². The molecule has 0 radical (unpaired) electrons. The lowest BCUT2D eigenvalue weighted by Crippen LogP contribution is -2.00. The van der Waals surface area contributed by atoms with Gasteiger partial charge < -0.3 is 9.47 Å². The van der Waals surface area contributed by atoms with Crippen molar-refractivity contribution in [1.82, 2.24) is 0 Å². The van der Waals surface area contributed by atoms with Gasteiger partial charge in [0.25, 0.3) is 0 Å². The molecule has 0 saturated heterocycles. The summed E-state index contributed by atoms with van der Waals surface area (Å²) in [7, 11) is 1.68. The Morgan fingerprint density at radius 1 is 1.21 bits per heavy atom. The normalized spacial score (nSPS) is 11.4. The summed E-state index contributed by atoms with van der Waals surface area (Å²) in [5.41, 5.74) is 1.23. The SMILES string of the molecule is CCC#CC(C)Cc1ccc(OCCC)c(OC)c1. The zero-order chi connectivity index (χ0) is 14.1. The summed E-state index contributed by atoms with van der Waals surface area (Å²) in [5, 5.41) is 0. The molecule has 0 aromatic heterocycles. The molecular weight excluding hydrogens is 236 g/mol. The van der Waals surface area contributed by atoms with Crippen LogP contribution in [-0.2, 0) is 6.42 Å². The number of hydrogen-bond acceptors (Lipinski definition) is 2. The highest BCUT2D eigenvalue weighted by Gasteiger charge is 2.07. The van der Waals surface area contributed by atoms with Crippen molar-refractivity contribution in [3.05, 3.63) is 23.8 Å². The minimum Gasteiger partial charge on any atom is -0.493 e. The first-order valence-electron chi connectivity index (χ1n) is 6.99. The summed E-state index contributed by atoms with van der Waals surface area (Å²) in [6.45, 7) is 7.03. The molecule has 1 unspecified atom stereocenters. The van der Waals surface area contributed by atoms with E-state index in [0.717, 1.165) is 30.8 Å². The quantitative estimate of drug-likeness (QED) is 0.718. The first-order valence-corrected chi connectivity index (χ1v) is 6.99. The molecule has 0 aliphatic heterocycles. The number of benzene rings is 1. The number of rotatable bonds is 6. The molecule has 0 fully saturated rings. The zero-order valence-electron chi connectivity index (χ0n) is 12.5. The molecular formula is C17H24O2. The first kappa shape index (κ1) is 15.4. The summed E-state index contributed by atoms with van der Waals surface area (Å²) in [6.07, 6.45) is 2.85. The number of ether oxygens (including phenoxy) is 2.